The van der Waals surface area contributed by atoms with E-state index in [-0.39, 0.29) is 30.2 Å². The van der Waals surface area contributed by atoms with Gasteiger partial charge in [-0.15, -0.1) is 0 Å². The molecule has 3 aromatic rings. The molecule has 3 rings (SSSR count). The normalized spacial score (nSPS) is 10.5. The van der Waals surface area contributed by atoms with E-state index in [1.54, 1.807) is 61.7 Å². The van der Waals surface area contributed by atoms with E-state index >= 15 is 0 Å². The van der Waals surface area contributed by atoms with Crippen LogP contribution in [0.4, 0.5) is 5.69 Å². The molecule has 0 atom stereocenters. The van der Waals surface area contributed by atoms with Crippen molar-refractivity contribution in [2.75, 3.05) is 12.4 Å². The van der Waals surface area contributed by atoms with Gasteiger partial charge in [-0.3, -0.25) is 9.59 Å². The van der Waals surface area contributed by atoms with Gasteiger partial charge >= 0.3 is 0 Å². The minimum absolute atomic E-state index is 0.0117. The number of benzene rings is 2. The zero-order chi connectivity index (χ0) is 21.5. The molecule has 2 aromatic carbocycles. The van der Waals surface area contributed by atoms with E-state index in [2.05, 4.69) is 15.8 Å². The third-order valence-electron chi connectivity index (χ3n) is 4.06. The lowest BCUT2D eigenvalue weighted by Gasteiger charge is -2.08. The first-order valence-corrected chi connectivity index (χ1v) is 9.39. The molecule has 0 aliphatic heterocycles. The highest BCUT2D eigenvalue weighted by atomic mass is 16.5. The Kier molecular flexibility index (Phi) is 6.69. The summed E-state index contributed by atoms with van der Waals surface area (Å²) in [5.41, 5.74) is 1.37. The topological polar surface area (TPSA) is 103 Å². The van der Waals surface area contributed by atoms with E-state index in [1.807, 2.05) is 13.8 Å². The molecule has 0 fully saturated rings. The Hall–Kier alpha value is -3.81. The van der Waals surface area contributed by atoms with Crippen molar-refractivity contribution < 1.29 is 23.6 Å². The van der Waals surface area contributed by atoms with Crippen LogP contribution in [0, 0.1) is 0 Å². The molecule has 156 valence electrons. The maximum Gasteiger partial charge on any atom is 0.273 e. The molecule has 0 bridgehead atoms. The summed E-state index contributed by atoms with van der Waals surface area (Å²) in [5.74, 6) is 1.19. The highest BCUT2D eigenvalue weighted by Gasteiger charge is 2.13. The molecule has 2 N–H and O–H groups in total. The second-order valence-corrected chi connectivity index (χ2v) is 6.80. The van der Waals surface area contributed by atoms with Gasteiger partial charge in [0.2, 0.25) is 0 Å². The van der Waals surface area contributed by atoms with Crippen LogP contribution in [0.2, 0.25) is 0 Å². The number of aromatic nitrogens is 1. The van der Waals surface area contributed by atoms with Crippen LogP contribution in [-0.4, -0.2) is 30.1 Å². The molecule has 8 nitrogen and oxygen atoms in total. The standard InChI is InChI=1S/C22H23N3O5/c1-14(2)23-22(27)20-12-19(30-25-20)13-29-18-10-6-16(7-11-18)24-21(26)15-4-8-17(28-3)9-5-15/h4-12,14H,13H2,1-3H3,(H,23,27)(H,24,26). The Labute approximate surface area is 174 Å². The molecule has 30 heavy (non-hydrogen) atoms. The van der Waals surface area contributed by atoms with Gasteiger partial charge in [-0.1, -0.05) is 5.16 Å². The molecule has 1 aromatic heterocycles. The Bertz CT molecular complexity index is 994. The molecule has 1 heterocycles. The number of anilines is 1. The van der Waals surface area contributed by atoms with E-state index in [9.17, 15) is 9.59 Å². The van der Waals surface area contributed by atoms with E-state index in [1.165, 1.54) is 0 Å². The Morgan fingerprint density at radius 1 is 1.00 bits per heavy atom. The molecule has 0 unspecified atom stereocenters. The van der Waals surface area contributed by atoms with Crippen molar-refractivity contribution in [2.24, 2.45) is 0 Å². The van der Waals surface area contributed by atoms with Crippen LogP contribution in [-0.2, 0) is 6.61 Å². The fourth-order valence-electron chi connectivity index (χ4n) is 2.56. The van der Waals surface area contributed by atoms with Crippen molar-refractivity contribution in [3.63, 3.8) is 0 Å². The number of nitrogens with one attached hydrogen (secondary N) is 2. The highest BCUT2D eigenvalue weighted by Crippen LogP contribution is 2.19. The van der Waals surface area contributed by atoms with Crippen molar-refractivity contribution in [1.82, 2.24) is 10.5 Å². The molecule has 0 saturated heterocycles. The summed E-state index contributed by atoms with van der Waals surface area (Å²) in [6, 6.07) is 15.3. The van der Waals surface area contributed by atoms with Gasteiger partial charge in [0.1, 0.15) is 18.1 Å². The van der Waals surface area contributed by atoms with Crippen LogP contribution in [0.3, 0.4) is 0 Å². The lowest BCUT2D eigenvalue weighted by Crippen LogP contribution is -2.30. The predicted molar refractivity (Wildman–Crippen MR) is 111 cm³/mol. The lowest BCUT2D eigenvalue weighted by atomic mass is 10.2. The average molecular weight is 409 g/mol. The first-order valence-electron chi connectivity index (χ1n) is 9.39. The van der Waals surface area contributed by atoms with Gasteiger partial charge in [-0.05, 0) is 62.4 Å². The first-order chi connectivity index (χ1) is 14.4. The Morgan fingerprint density at radius 2 is 1.67 bits per heavy atom. The van der Waals surface area contributed by atoms with Crippen LogP contribution in [0.5, 0.6) is 11.5 Å². The van der Waals surface area contributed by atoms with Gasteiger partial charge in [-0.25, -0.2) is 0 Å². The fourth-order valence-corrected chi connectivity index (χ4v) is 2.56. The first kappa shape index (κ1) is 20.9. The van der Waals surface area contributed by atoms with Gasteiger partial charge in [0.15, 0.2) is 11.5 Å². The molecule has 0 spiro atoms. The molecule has 2 amide bonds. The molecule has 0 saturated carbocycles. The van der Waals surface area contributed by atoms with E-state index in [0.29, 0.717) is 28.5 Å². The van der Waals surface area contributed by atoms with Gasteiger partial charge in [-0.2, -0.15) is 0 Å². The monoisotopic (exact) mass is 409 g/mol. The summed E-state index contributed by atoms with van der Waals surface area (Å²) < 4.78 is 15.9. The number of nitrogens with zero attached hydrogens (tertiary/aromatic N) is 1. The van der Waals surface area contributed by atoms with Gasteiger partial charge < -0.3 is 24.6 Å². The summed E-state index contributed by atoms with van der Waals surface area (Å²) in [4.78, 5) is 24.2. The largest absolute Gasteiger partial charge is 0.497 e. The third-order valence-corrected chi connectivity index (χ3v) is 4.06. The predicted octanol–water partition coefficient (Wildman–Crippen LogP) is 3.65. The van der Waals surface area contributed by atoms with Crippen LogP contribution >= 0.6 is 0 Å². The molecule has 0 radical (unpaired) electrons. The van der Waals surface area contributed by atoms with Crippen LogP contribution < -0.4 is 20.1 Å². The van der Waals surface area contributed by atoms with Crippen LogP contribution in [0.25, 0.3) is 0 Å². The second-order valence-electron chi connectivity index (χ2n) is 6.80. The fraction of sp³-hybridized carbons (Fsp3) is 0.227. The average Bonchev–Trinajstić information content (AvgIpc) is 3.22. The lowest BCUT2D eigenvalue weighted by molar-refractivity contribution is 0.0933. The second kappa shape index (κ2) is 9.60. The number of carbonyl (C=O) groups is 2. The van der Waals surface area contributed by atoms with E-state index in [0.717, 1.165) is 0 Å². The quantitative estimate of drug-likeness (QED) is 0.589. The minimum atomic E-state index is -0.294. The van der Waals surface area contributed by atoms with Crippen molar-refractivity contribution in [2.45, 2.75) is 26.5 Å². The third kappa shape index (κ3) is 5.60. The van der Waals surface area contributed by atoms with Crippen molar-refractivity contribution in [1.29, 1.82) is 0 Å². The molecule has 0 aliphatic rings. The number of hydrogen-bond donors (Lipinski definition) is 2. The summed E-state index contributed by atoms with van der Waals surface area (Å²) >= 11 is 0. The molecule has 0 aliphatic carbocycles. The molecular formula is C22H23N3O5. The summed E-state index contributed by atoms with van der Waals surface area (Å²) in [7, 11) is 1.57. The number of carbonyl (C=O) groups excluding carboxylic acids is 2. The van der Waals surface area contributed by atoms with Gasteiger partial charge in [0.05, 0.1) is 7.11 Å². The smallest absolute Gasteiger partial charge is 0.273 e. The van der Waals surface area contributed by atoms with E-state index in [4.69, 9.17) is 14.0 Å². The van der Waals surface area contributed by atoms with Crippen molar-refractivity contribution >= 4 is 17.5 Å². The van der Waals surface area contributed by atoms with Crippen LogP contribution in [0.15, 0.2) is 59.1 Å². The highest BCUT2D eigenvalue weighted by molar-refractivity contribution is 6.04. The Morgan fingerprint density at radius 3 is 2.30 bits per heavy atom. The Balaban J connectivity index is 1.52. The minimum Gasteiger partial charge on any atom is -0.497 e. The van der Waals surface area contributed by atoms with Gasteiger partial charge in [0, 0.05) is 23.4 Å². The SMILES string of the molecule is COc1ccc(C(=O)Nc2ccc(OCc3cc(C(=O)NC(C)C)no3)cc2)cc1. The molecular weight excluding hydrogens is 386 g/mol. The number of methoxy groups -OCH3 is 1. The molecule has 8 heteroatoms. The van der Waals surface area contributed by atoms with E-state index < -0.39 is 0 Å². The van der Waals surface area contributed by atoms with Crippen molar-refractivity contribution in [3.8, 4) is 11.5 Å². The number of hydrogen-bond acceptors (Lipinski definition) is 6. The zero-order valence-corrected chi connectivity index (χ0v) is 17.0. The van der Waals surface area contributed by atoms with Gasteiger partial charge in [0.25, 0.3) is 11.8 Å². The summed E-state index contributed by atoms with van der Waals surface area (Å²) in [5, 5.41) is 9.31. The summed E-state index contributed by atoms with van der Waals surface area (Å²) in [6.07, 6.45) is 0. The number of amides is 2. The summed E-state index contributed by atoms with van der Waals surface area (Å²) in [6.45, 7) is 3.86. The maximum atomic E-state index is 12.3. The zero-order valence-electron chi connectivity index (χ0n) is 17.0. The van der Waals surface area contributed by atoms with Crippen LogP contribution in [0.1, 0.15) is 40.5 Å². The number of ether oxygens (including phenoxy) is 2. The number of rotatable bonds is 8. The maximum absolute atomic E-state index is 12.3. The van der Waals surface area contributed by atoms with Crippen molar-refractivity contribution in [3.05, 3.63) is 71.6 Å².